The van der Waals surface area contributed by atoms with Crippen LogP contribution < -0.4 is 5.32 Å². The Morgan fingerprint density at radius 1 is 1.43 bits per heavy atom. The van der Waals surface area contributed by atoms with Gasteiger partial charge in [-0.25, -0.2) is 0 Å². The van der Waals surface area contributed by atoms with Crippen LogP contribution >= 0.6 is 0 Å². The summed E-state index contributed by atoms with van der Waals surface area (Å²) in [7, 11) is 3.15. The van der Waals surface area contributed by atoms with Gasteiger partial charge in [0.1, 0.15) is 5.54 Å². The molecule has 0 bridgehead atoms. The van der Waals surface area contributed by atoms with E-state index in [1.54, 1.807) is 14.2 Å². The van der Waals surface area contributed by atoms with Gasteiger partial charge in [0.2, 0.25) is 0 Å². The fourth-order valence-corrected chi connectivity index (χ4v) is 1.15. The number of ether oxygens (including phenoxy) is 2. The highest BCUT2D eigenvalue weighted by molar-refractivity contribution is 5.04. The van der Waals surface area contributed by atoms with Crippen molar-refractivity contribution in [2.45, 2.75) is 38.5 Å². The van der Waals surface area contributed by atoms with Gasteiger partial charge in [0.25, 0.3) is 0 Å². The normalized spacial score (nSPS) is 15.1. The minimum absolute atomic E-state index is 0.330. The molecule has 0 amide bonds. The third kappa shape index (κ3) is 4.56. The maximum atomic E-state index is 9.03. The van der Waals surface area contributed by atoms with Gasteiger partial charge < -0.3 is 9.47 Å². The summed E-state index contributed by atoms with van der Waals surface area (Å²) in [5.41, 5.74) is -0.577. The highest BCUT2D eigenvalue weighted by Crippen LogP contribution is 2.13. The Kier molecular flexibility index (Phi) is 6.46. The van der Waals surface area contributed by atoms with Gasteiger partial charge in [-0.05, 0) is 19.9 Å². The predicted molar refractivity (Wildman–Crippen MR) is 54.7 cm³/mol. The third-order valence-electron chi connectivity index (χ3n) is 2.11. The molecule has 4 nitrogen and oxygen atoms in total. The van der Waals surface area contributed by atoms with Crippen LogP contribution in [0.2, 0.25) is 0 Å². The highest BCUT2D eigenvalue weighted by Gasteiger charge is 2.27. The number of nitriles is 1. The molecule has 1 unspecified atom stereocenters. The quantitative estimate of drug-likeness (QED) is 0.629. The molecule has 0 aliphatic rings. The molecule has 0 spiro atoms. The minimum atomic E-state index is -0.577. The van der Waals surface area contributed by atoms with Crippen LogP contribution in [0.25, 0.3) is 0 Å². The molecule has 0 radical (unpaired) electrons. The SMILES string of the molecule is CCCNC(C)(C#N)CC(OC)OC. The Morgan fingerprint density at radius 2 is 2.00 bits per heavy atom. The van der Waals surface area contributed by atoms with Gasteiger partial charge in [0.15, 0.2) is 6.29 Å². The van der Waals surface area contributed by atoms with E-state index in [0.717, 1.165) is 13.0 Å². The Hall–Kier alpha value is -0.630. The van der Waals surface area contributed by atoms with Crippen molar-refractivity contribution in [3.05, 3.63) is 0 Å². The van der Waals surface area contributed by atoms with Crippen molar-refractivity contribution >= 4 is 0 Å². The van der Waals surface area contributed by atoms with Crippen molar-refractivity contribution in [1.29, 1.82) is 5.26 Å². The van der Waals surface area contributed by atoms with Crippen LogP contribution in [0, 0.1) is 11.3 Å². The highest BCUT2D eigenvalue weighted by atomic mass is 16.7. The van der Waals surface area contributed by atoms with Crippen LogP contribution in [-0.4, -0.2) is 32.6 Å². The zero-order valence-corrected chi connectivity index (χ0v) is 9.46. The predicted octanol–water partition coefficient (Wildman–Crippen LogP) is 1.28. The summed E-state index contributed by atoms with van der Waals surface area (Å²) in [5.74, 6) is 0. The van der Waals surface area contributed by atoms with Crippen molar-refractivity contribution < 1.29 is 9.47 Å². The van der Waals surface area contributed by atoms with Gasteiger partial charge in [0, 0.05) is 20.6 Å². The lowest BCUT2D eigenvalue weighted by atomic mass is 9.99. The molecule has 4 heteroatoms. The molecule has 0 aromatic heterocycles. The molecule has 0 aromatic carbocycles. The number of hydrogen-bond donors (Lipinski definition) is 1. The summed E-state index contributed by atoms with van der Waals surface area (Å²) in [5, 5.41) is 12.2. The third-order valence-corrected chi connectivity index (χ3v) is 2.11. The van der Waals surface area contributed by atoms with E-state index in [1.807, 2.05) is 6.92 Å². The summed E-state index contributed by atoms with van der Waals surface area (Å²) in [6.45, 7) is 4.74. The molecule has 0 saturated heterocycles. The van der Waals surface area contributed by atoms with E-state index in [1.165, 1.54) is 0 Å². The van der Waals surface area contributed by atoms with E-state index in [2.05, 4.69) is 18.3 Å². The number of hydrogen-bond acceptors (Lipinski definition) is 4. The smallest absolute Gasteiger partial charge is 0.159 e. The molecule has 0 aliphatic carbocycles. The fourth-order valence-electron chi connectivity index (χ4n) is 1.15. The largest absolute Gasteiger partial charge is 0.356 e. The van der Waals surface area contributed by atoms with Gasteiger partial charge in [-0.3, -0.25) is 5.32 Å². The van der Waals surface area contributed by atoms with Crippen LogP contribution in [0.4, 0.5) is 0 Å². The Bertz CT molecular complexity index is 187. The second-order valence-electron chi connectivity index (χ2n) is 3.48. The summed E-state index contributed by atoms with van der Waals surface area (Å²) in [4.78, 5) is 0. The van der Waals surface area contributed by atoms with Crippen LogP contribution in [-0.2, 0) is 9.47 Å². The lowest BCUT2D eigenvalue weighted by Crippen LogP contribution is -2.44. The van der Waals surface area contributed by atoms with Crippen molar-refractivity contribution in [3.63, 3.8) is 0 Å². The molecule has 1 N–H and O–H groups in total. The van der Waals surface area contributed by atoms with Crippen LogP contribution in [0.5, 0.6) is 0 Å². The lowest BCUT2D eigenvalue weighted by molar-refractivity contribution is -0.114. The standard InChI is InChI=1S/C10H20N2O2/c1-5-6-12-10(2,8-11)7-9(13-3)14-4/h9,12H,5-7H2,1-4H3. The Labute approximate surface area is 86.2 Å². The summed E-state index contributed by atoms with van der Waals surface area (Å²) in [6.07, 6.45) is 1.20. The lowest BCUT2D eigenvalue weighted by Gasteiger charge is -2.26. The number of nitrogens with one attached hydrogen (secondary N) is 1. The maximum Gasteiger partial charge on any atom is 0.159 e. The molecule has 0 rings (SSSR count). The van der Waals surface area contributed by atoms with Gasteiger partial charge >= 0.3 is 0 Å². The first-order valence-corrected chi connectivity index (χ1v) is 4.83. The first-order valence-electron chi connectivity index (χ1n) is 4.83. The molecule has 0 saturated carbocycles. The van der Waals surface area contributed by atoms with E-state index in [4.69, 9.17) is 14.7 Å². The van der Waals surface area contributed by atoms with Crippen molar-refractivity contribution in [2.24, 2.45) is 0 Å². The van der Waals surface area contributed by atoms with Crippen LogP contribution in [0.15, 0.2) is 0 Å². The fraction of sp³-hybridized carbons (Fsp3) is 0.900. The van der Waals surface area contributed by atoms with Crippen LogP contribution in [0.1, 0.15) is 26.7 Å². The average molecular weight is 200 g/mol. The summed E-state index contributed by atoms with van der Waals surface area (Å²) >= 11 is 0. The van der Waals surface area contributed by atoms with E-state index in [0.29, 0.717) is 6.42 Å². The number of rotatable bonds is 7. The number of nitrogens with zero attached hydrogens (tertiary/aromatic N) is 1. The monoisotopic (exact) mass is 200 g/mol. The van der Waals surface area contributed by atoms with Crippen molar-refractivity contribution in [3.8, 4) is 6.07 Å². The topological polar surface area (TPSA) is 54.3 Å². The van der Waals surface area contributed by atoms with Crippen LogP contribution in [0.3, 0.4) is 0 Å². The van der Waals surface area contributed by atoms with E-state index in [9.17, 15) is 0 Å². The summed E-state index contributed by atoms with van der Waals surface area (Å²) in [6, 6.07) is 2.24. The maximum absolute atomic E-state index is 9.03. The molecular weight excluding hydrogens is 180 g/mol. The average Bonchev–Trinajstić information content (AvgIpc) is 2.23. The summed E-state index contributed by atoms with van der Waals surface area (Å²) < 4.78 is 10.1. The molecule has 0 fully saturated rings. The van der Waals surface area contributed by atoms with Gasteiger partial charge in [0.05, 0.1) is 6.07 Å². The molecule has 1 atom stereocenters. The van der Waals surface area contributed by atoms with Crippen molar-refractivity contribution in [1.82, 2.24) is 5.32 Å². The van der Waals surface area contributed by atoms with Gasteiger partial charge in [-0.1, -0.05) is 6.92 Å². The second kappa shape index (κ2) is 6.77. The first kappa shape index (κ1) is 13.4. The van der Waals surface area contributed by atoms with E-state index < -0.39 is 5.54 Å². The van der Waals surface area contributed by atoms with E-state index >= 15 is 0 Å². The van der Waals surface area contributed by atoms with E-state index in [-0.39, 0.29) is 6.29 Å². The Balaban J connectivity index is 4.17. The molecular formula is C10H20N2O2. The molecule has 14 heavy (non-hydrogen) atoms. The molecule has 0 aromatic rings. The molecule has 0 heterocycles. The van der Waals surface area contributed by atoms with Gasteiger partial charge in [-0.2, -0.15) is 5.26 Å². The molecule has 82 valence electrons. The number of methoxy groups -OCH3 is 2. The minimum Gasteiger partial charge on any atom is -0.356 e. The zero-order chi connectivity index (χ0) is 11.0. The molecule has 0 aliphatic heterocycles. The first-order chi connectivity index (χ1) is 6.61. The Morgan fingerprint density at radius 3 is 2.36 bits per heavy atom. The zero-order valence-electron chi connectivity index (χ0n) is 9.46. The second-order valence-corrected chi connectivity index (χ2v) is 3.48. The van der Waals surface area contributed by atoms with Crippen molar-refractivity contribution in [2.75, 3.05) is 20.8 Å². The van der Waals surface area contributed by atoms with Gasteiger partial charge in [-0.15, -0.1) is 0 Å².